The zero-order chi connectivity index (χ0) is 26.6. The highest BCUT2D eigenvalue weighted by atomic mass is 35.5. The van der Waals surface area contributed by atoms with Gasteiger partial charge in [-0.25, -0.2) is 0 Å². The van der Waals surface area contributed by atoms with Crippen molar-refractivity contribution in [2.24, 2.45) is 0 Å². The van der Waals surface area contributed by atoms with Crippen molar-refractivity contribution in [1.29, 1.82) is 0 Å². The Bertz CT molecular complexity index is 1140. The lowest BCUT2D eigenvalue weighted by atomic mass is 10.0. The van der Waals surface area contributed by atoms with E-state index in [-0.39, 0.29) is 30.8 Å². The van der Waals surface area contributed by atoms with Gasteiger partial charge in [0.1, 0.15) is 11.8 Å². The number of carbonyl (C=O) groups excluding carboxylic acids is 2. The van der Waals surface area contributed by atoms with Gasteiger partial charge in [-0.3, -0.25) is 9.59 Å². The van der Waals surface area contributed by atoms with E-state index in [0.717, 1.165) is 23.3 Å². The largest absolute Gasteiger partial charge is 0.494 e. The van der Waals surface area contributed by atoms with Crippen LogP contribution in [0, 0.1) is 0 Å². The lowest BCUT2D eigenvalue weighted by Crippen LogP contribution is -2.52. The van der Waals surface area contributed by atoms with Crippen LogP contribution in [0.3, 0.4) is 0 Å². The Hall–Kier alpha value is -3.02. The van der Waals surface area contributed by atoms with Crippen LogP contribution in [0.2, 0.25) is 10.0 Å². The molecule has 0 spiro atoms. The number of hydrogen-bond acceptors (Lipinski definition) is 3. The highest BCUT2D eigenvalue weighted by molar-refractivity contribution is 6.42. The van der Waals surface area contributed by atoms with Crippen molar-refractivity contribution in [2.45, 2.75) is 58.2 Å². The van der Waals surface area contributed by atoms with E-state index in [0.29, 0.717) is 29.5 Å². The minimum Gasteiger partial charge on any atom is -0.494 e. The van der Waals surface area contributed by atoms with Gasteiger partial charge >= 0.3 is 0 Å². The molecule has 0 saturated carbocycles. The molecule has 0 heterocycles. The van der Waals surface area contributed by atoms with Gasteiger partial charge in [-0.15, -0.1) is 0 Å². The highest BCUT2D eigenvalue weighted by Crippen LogP contribution is 2.25. The fourth-order valence-corrected chi connectivity index (χ4v) is 4.22. The molecule has 37 heavy (non-hydrogen) atoms. The second-order valence-electron chi connectivity index (χ2n) is 9.06. The summed E-state index contributed by atoms with van der Waals surface area (Å²) in [4.78, 5) is 28.8. The average Bonchev–Trinajstić information content (AvgIpc) is 2.91. The lowest BCUT2D eigenvalue weighted by molar-refractivity contribution is -0.141. The van der Waals surface area contributed by atoms with Crippen molar-refractivity contribution in [3.8, 4) is 5.75 Å². The fourth-order valence-electron chi connectivity index (χ4n) is 3.90. The standard InChI is InChI=1S/C30H34Cl2N2O3/c1-3-22(2)33-30(36)28(20-23-11-6-4-7-12-23)34(21-24-16-17-26(31)27(32)19-24)29(35)15-10-18-37-25-13-8-5-9-14-25/h4-9,11-14,16-17,19,22,28H,3,10,15,18,20-21H2,1-2H3,(H,33,36)/t22-,28+/m0/s1. The summed E-state index contributed by atoms with van der Waals surface area (Å²) in [5.74, 6) is 0.465. The van der Waals surface area contributed by atoms with E-state index in [1.54, 1.807) is 17.0 Å². The third-order valence-electron chi connectivity index (χ3n) is 6.16. The summed E-state index contributed by atoms with van der Waals surface area (Å²) in [5.41, 5.74) is 1.78. The molecule has 3 rings (SSSR count). The molecule has 2 atom stereocenters. The number of para-hydroxylation sites is 1. The topological polar surface area (TPSA) is 58.6 Å². The first-order chi connectivity index (χ1) is 17.9. The molecule has 0 aliphatic carbocycles. The van der Waals surface area contributed by atoms with Crippen molar-refractivity contribution in [1.82, 2.24) is 10.2 Å². The SMILES string of the molecule is CC[C@H](C)NC(=O)[C@@H](Cc1ccccc1)N(Cc1ccc(Cl)c(Cl)c1)C(=O)CCCOc1ccccc1. The molecule has 0 fully saturated rings. The van der Waals surface area contributed by atoms with E-state index in [9.17, 15) is 9.59 Å². The molecule has 2 amide bonds. The summed E-state index contributed by atoms with van der Waals surface area (Å²) in [6, 6.07) is 23.8. The Kier molecular flexibility index (Phi) is 11.3. The molecule has 196 valence electrons. The number of amides is 2. The number of nitrogens with one attached hydrogen (secondary N) is 1. The summed E-state index contributed by atoms with van der Waals surface area (Å²) in [6.45, 7) is 4.62. The van der Waals surface area contributed by atoms with Crippen molar-refractivity contribution in [2.75, 3.05) is 6.61 Å². The maximum atomic E-state index is 13.6. The Morgan fingerprint density at radius 2 is 1.59 bits per heavy atom. The Balaban J connectivity index is 1.83. The van der Waals surface area contributed by atoms with Gasteiger partial charge in [0, 0.05) is 25.4 Å². The van der Waals surface area contributed by atoms with Gasteiger partial charge in [0.25, 0.3) is 0 Å². The van der Waals surface area contributed by atoms with Crippen LogP contribution in [0.1, 0.15) is 44.2 Å². The van der Waals surface area contributed by atoms with Gasteiger partial charge in [0.05, 0.1) is 16.7 Å². The highest BCUT2D eigenvalue weighted by Gasteiger charge is 2.30. The molecule has 0 aromatic heterocycles. The predicted octanol–water partition coefficient (Wildman–Crippen LogP) is 6.71. The fraction of sp³-hybridized carbons (Fsp3) is 0.333. The van der Waals surface area contributed by atoms with E-state index in [2.05, 4.69) is 5.32 Å². The average molecular weight is 542 g/mol. The molecule has 0 bridgehead atoms. The molecule has 0 unspecified atom stereocenters. The van der Waals surface area contributed by atoms with Crippen molar-refractivity contribution in [3.05, 3.63) is 100 Å². The Morgan fingerprint density at radius 3 is 2.24 bits per heavy atom. The van der Waals surface area contributed by atoms with E-state index in [1.165, 1.54) is 0 Å². The molecule has 0 aliphatic rings. The summed E-state index contributed by atoms with van der Waals surface area (Å²) < 4.78 is 5.77. The van der Waals surface area contributed by atoms with Crippen LogP contribution in [-0.4, -0.2) is 35.4 Å². The molecular formula is C30H34Cl2N2O3. The monoisotopic (exact) mass is 540 g/mol. The van der Waals surface area contributed by atoms with Crippen LogP contribution in [-0.2, 0) is 22.6 Å². The maximum absolute atomic E-state index is 13.6. The zero-order valence-corrected chi connectivity index (χ0v) is 22.8. The van der Waals surface area contributed by atoms with Crippen molar-refractivity contribution >= 4 is 35.0 Å². The summed E-state index contributed by atoms with van der Waals surface area (Å²) in [7, 11) is 0. The van der Waals surface area contributed by atoms with Gasteiger partial charge in [-0.05, 0) is 55.2 Å². The van der Waals surface area contributed by atoms with Crippen LogP contribution in [0.5, 0.6) is 5.75 Å². The number of halogens is 2. The summed E-state index contributed by atoms with van der Waals surface area (Å²) in [6.07, 6.45) is 1.96. The first kappa shape index (κ1) is 28.5. The smallest absolute Gasteiger partial charge is 0.243 e. The molecule has 1 N–H and O–H groups in total. The quantitative estimate of drug-likeness (QED) is 0.245. The lowest BCUT2D eigenvalue weighted by Gasteiger charge is -2.32. The zero-order valence-electron chi connectivity index (χ0n) is 21.3. The minimum atomic E-state index is -0.687. The second-order valence-corrected chi connectivity index (χ2v) is 9.87. The van der Waals surface area contributed by atoms with Gasteiger partial charge < -0.3 is 15.0 Å². The predicted molar refractivity (Wildman–Crippen MR) is 150 cm³/mol. The van der Waals surface area contributed by atoms with Crippen molar-refractivity contribution in [3.63, 3.8) is 0 Å². The first-order valence-electron chi connectivity index (χ1n) is 12.6. The molecule has 0 aliphatic heterocycles. The van der Waals surface area contributed by atoms with Gasteiger partial charge in [-0.1, -0.05) is 84.7 Å². The molecule has 0 saturated heterocycles. The first-order valence-corrected chi connectivity index (χ1v) is 13.4. The number of benzene rings is 3. The molecule has 3 aromatic rings. The van der Waals surface area contributed by atoms with Crippen LogP contribution in [0.4, 0.5) is 0 Å². The summed E-state index contributed by atoms with van der Waals surface area (Å²) in [5, 5.41) is 3.93. The second kappa shape index (κ2) is 14.7. The van der Waals surface area contributed by atoms with Crippen LogP contribution >= 0.6 is 23.2 Å². The number of rotatable bonds is 13. The van der Waals surface area contributed by atoms with Crippen LogP contribution in [0.25, 0.3) is 0 Å². The van der Waals surface area contributed by atoms with Crippen LogP contribution in [0.15, 0.2) is 78.9 Å². The molecule has 7 heteroatoms. The maximum Gasteiger partial charge on any atom is 0.243 e. The van der Waals surface area contributed by atoms with E-state index < -0.39 is 6.04 Å². The van der Waals surface area contributed by atoms with E-state index in [1.807, 2.05) is 80.6 Å². The third kappa shape index (κ3) is 9.10. The van der Waals surface area contributed by atoms with Gasteiger partial charge in [0.15, 0.2) is 0 Å². The Morgan fingerprint density at radius 1 is 0.919 bits per heavy atom. The van der Waals surface area contributed by atoms with Gasteiger partial charge in [-0.2, -0.15) is 0 Å². The molecular weight excluding hydrogens is 507 g/mol. The number of hydrogen-bond donors (Lipinski definition) is 1. The van der Waals surface area contributed by atoms with E-state index in [4.69, 9.17) is 27.9 Å². The van der Waals surface area contributed by atoms with Gasteiger partial charge in [0.2, 0.25) is 11.8 Å². The molecule has 0 radical (unpaired) electrons. The minimum absolute atomic E-state index is 0.00743. The number of ether oxygens (including phenoxy) is 1. The number of nitrogens with zero attached hydrogens (tertiary/aromatic N) is 1. The normalized spacial score (nSPS) is 12.4. The molecule has 3 aromatic carbocycles. The third-order valence-corrected chi connectivity index (χ3v) is 6.89. The molecule has 5 nitrogen and oxygen atoms in total. The van der Waals surface area contributed by atoms with Crippen molar-refractivity contribution < 1.29 is 14.3 Å². The van der Waals surface area contributed by atoms with Crippen LogP contribution < -0.4 is 10.1 Å². The Labute approximate surface area is 229 Å². The van der Waals surface area contributed by atoms with E-state index >= 15 is 0 Å². The number of carbonyl (C=O) groups is 2. The summed E-state index contributed by atoms with van der Waals surface area (Å²) >= 11 is 12.4.